The molecule has 1 aliphatic carbocycles. The fourth-order valence-corrected chi connectivity index (χ4v) is 5.51. The minimum absolute atomic E-state index is 0.0203. The van der Waals surface area contributed by atoms with Gasteiger partial charge in [0.05, 0.1) is 22.9 Å². The number of carbonyl (C=O) groups excluding carboxylic acids is 2. The van der Waals surface area contributed by atoms with Crippen molar-refractivity contribution >= 4 is 29.6 Å². The third kappa shape index (κ3) is 9.27. The van der Waals surface area contributed by atoms with Crippen molar-refractivity contribution in [1.29, 1.82) is 5.41 Å². The molecule has 3 N–H and O–H groups in total. The number of aromatic nitrogens is 5. The number of amides is 2. The van der Waals surface area contributed by atoms with Crippen molar-refractivity contribution in [2.24, 2.45) is 5.41 Å². The van der Waals surface area contributed by atoms with Gasteiger partial charge >= 0.3 is 12.6 Å². The summed E-state index contributed by atoms with van der Waals surface area (Å²) >= 11 is 6.42. The molecule has 0 radical (unpaired) electrons. The summed E-state index contributed by atoms with van der Waals surface area (Å²) in [6.07, 6.45) is -3.22. The highest BCUT2D eigenvalue weighted by Gasteiger charge is 2.53. The van der Waals surface area contributed by atoms with Gasteiger partial charge in [0.15, 0.2) is 11.8 Å². The molecular weight excluding hydrogens is 732 g/mol. The zero-order chi connectivity index (χ0) is 38.7. The number of hydrogen-bond donors (Lipinski definition) is 3. The number of hydrogen-bond acceptors (Lipinski definition) is 7. The predicted molar refractivity (Wildman–Crippen MR) is 181 cm³/mol. The molecule has 2 amide bonds. The number of nitrogens with zero attached hydrogens (tertiary/aromatic N) is 6. The lowest BCUT2D eigenvalue weighted by Gasteiger charge is -2.33. The average molecular weight is 768 g/mol. The zero-order valence-corrected chi connectivity index (χ0v) is 29.4. The van der Waals surface area contributed by atoms with Gasteiger partial charge in [-0.05, 0) is 60.1 Å². The largest absolute Gasteiger partial charge is 0.447 e. The maximum atomic E-state index is 14.4. The lowest BCUT2D eigenvalue weighted by Crippen LogP contribution is -2.49. The van der Waals surface area contributed by atoms with Crippen LogP contribution in [-0.4, -0.2) is 72.5 Å². The molecule has 2 aromatic heterocycles. The smallest absolute Gasteiger partial charge is 0.407 e. The molecule has 0 aliphatic heterocycles. The summed E-state index contributed by atoms with van der Waals surface area (Å²) in [5.74, 6) is -1.96. The van der Waals surface area contributed by atoms with Gasteiger partial charge in [0.2, 0.25) is 0 Å². The lowest BCUT2D eigenvalue weighted by atomic mass is 9.92. The van der Waals surface area contributed by atoms with Gasteiger partial charge in [-0.2, -0.15) is 19.0 Å². The van der Waals surface area contributed by atoms with Crippen LogP contribution in [0.4, 0.5) is 31.1 Å². The molecule has 1 saturated carbocycles. The first kappa shape index (κ1) is 39.1. The van der Waals surface area contributed by atoms with Crippen LogP contribution in [-0.2, 0) is 4.74 Å². The molecule has 0 bridgehead atoms. The van der Waals surface area contributed by atoms with Gasteiger partial charge in [0.1, 0.15) is 18.5 Å². The number of guanidine groups is 1. The Morgan fingerprint density at radius 3 is 2.32 bits per heavy atom. The van der Waals surface area contributed by atoms with Gasteiger partial charge in [0, 0.05) is 23.9 Å². The van der Waals surface area contributed by atoms with E-state index in [1.807, 2.05) is 20.8 Å². The highest BCUT2D eigenvalue weighted by molar-refractivity contribution is 6.32. The quantitative estimate of drug-likeness (QED) is 0.0717. The summed E-state index contributed by atoms with van der Waals surface area (Å²) in [5.41, 5.74) is -1.05. The average Bonchev–Trinajstić information content (AvgIpc) is 3.47. The second-order valence-electron chi connectivity index (χ2n) is 13.6. The fourth-order valence-electron chi connectivity index (χ4n) is 5.31. The standard InChI is InChI=1S/C34H36ClF6N9O3/c1-33(2,3)12-13-43-31(42)49(28(51)20-6-4-19(5-7-20)22-15-45-48(16-22)30(40)41)25(17-53-32(52)47-34(10-11-34)29(38)39)21-8-9-23(35)24(14-21)50-27(26(36)37)44-18-46-50/h4-9,14-16,18,25-26,29-30H,10-13,17H2,1-3H3,(H2,42,43)(H,47,52)/t25-/m1/s1. The summed E-state index contributed by atoms with van der Waals surface area (Å²) in [4.78, 5) is 31.9. The van der Waals surface area contributed by atoms with Crippen LogP contribution in [0.5, 0.6) is 0 Å². The van der Waals surface area contributed by atoms with Crippen molar-refractivity contribution in [3.8, 4) is 16.8 Å². The molecule has 4 aromatic rings. The Bertz CT molecular complexity index is 1930. The van der Waals surface area contributed by atoms with E-state index in [0.717, 1.165) is 22.1 Å². The third-order valence-corrected chi connectivity index (χ3v) is 8.81. The normalized spacial score (nSPS) is 14.4. The minimum Gasteiger partial charge on any atom is -0.447 e. The van der Waals surface area contributed by atoms with Crippen molar-refractivity contribution in [3.05, 3.63) is 83.2 Å². The van der Waals surface area contributed by atoms with E-state index >= 15 is 0 Å². The Hall–Kier alpha value is -5.13. The summed E-state index contributed by atoms with van der Waals surface area (Å²) in [7, 11) is 0. The van der Waals surface area contributed by atoms with Crippen LogP contribution in [0.3, 0.4) is 0 Å². The Morgan fingerprint density at radius 2 is 1.74 bits per heavy atom. The van der Waals surface area contributed by atoms with E-state index in [1.165, 1.54) is 48.7 Å². The molecule has 284 valence electrons. The maximum absolute atomic E-state index is 14.4. The Labute approximate surface area is 305 Å². The molecule has 1 fully saturated rings. The zero-order valence-electron chi connectivity index (χ0n) is 28.7. The number of benzene rings is 2. The molecule has 2 heterocycles. The topological polar surface area (TPSA) is 143 Å². The summed E-state index contributed by atoms with van der Waals surface area (Å²) in [5, 5.41) is 21.6. The molecule has 0 saturated heterocycles. The van der Waals surface area contributed by atoms with E-state index in [2.05, 4.69) is 25.8 Å². The summed E-state index contributed by atoms with van der Waals surface area (Å²) < 4.78 is 87.9. The number of rotatable bonds is 13. The van der Waals surface area contributed by atoms with Crippen molar-refractivity contribution in [2.45, 2.75) is 71.0 Å². The first-order valence-corrected chi connectivity index (χ1v) is 16.7. The highest BCUT2D eigenvalue weighted by Crippen LogP contribution is 2.41. The van der Waals surface area contributed by atoms with Gasteiger partial charge < -0.3 is 15.4 Å². The molecule has 2 aromatic carbocycles. The molecule has 53 heavy (non-hydrogen) atoms. The van der Waals surface area contributed by atoms with Crippen LogP contribution in [0, 0.1) is 10.8 Å². The molecule has 0 unspecified atom stereocenters. The first-order chi connectivity index (χ1) is 25.0. The van der Waals surface area contributed by atoms with Crippen molar-refractivity contribution in [1.82, 2.24) is 40.1 Å². The Balaban J connectivity index is 1.55. The predicted octanol–water partition coefficient (Wildman–Crippen LogP) is 7.78. The monoisotopic (exact) mass is 767 g/mol. The van der Waals surface area contributed by atoms with Crippen LogP contribution >= 0.6 is 11.6 Å². The van der Waals surface area contributed by atoms with E-state index < -0.39 is 61.4 Å². The minimum atomic E-state index is -3.05. The van der Waals surface area contributed by atoms with Crippen LogP contribution < -0.4 is 10.6 Å². The second-order valence-corrected chi connectivity index (χ2v) is 14.0. The SMILES string of the molecule is CC(C)(C)CCNC(=N)N(C(=O)c1ccc(-c2cnn(C(F)F)c2)cc1)[C@H](COC(=O)NC1(C(F)F)CC1)c1ccc(Cl)c(-n2ncnc2C(F)F)c1. The first-order valence-electron chi connectivity index (χ1n) is 16.3. The fraction of sp³-hybridized carbons (Fsp3) is 0.412. The molecule has 5 rings (SSSR count). The van der Waals surface area contributed by atoms with E-state index in [1.54, 1.807) is 0 Å². The molecular formula is C34H36ClF6N9O3. The van der Waals surface area contributed by atoms with Crippen LogP contribution in [0.25, 0.3) is 16.8 Å². The van der Waals surface area contributed by atoms with Gasteiger partial charge in [0.25, 0.3) is 18.8 Å². The van der Waals surface area contributed by atoms with E-state index in [4.69, 9.17) is 21.7 Å². The third-order valence-electron chi connectivity index (χ3n) is 8.49. The van der Waals surface area contributed by atoms with Crippen molar-refractivity contribution in [3.63, 3.8) is 0 Å². The van der Waals surface area contributed by atoms with Gasteiger partial charge in [-0.1, -0.05) is 50.6 Å². The van der Waals surface area contributed by atoms with Gasteiger partial charge in [-0.3, -0.25) is 15.1 Å². The van der Waals surface area contributed by atoms with Crippen LogP contribution in [0.2, 0.25) is 5.02 Å². The number of nitrogens with one attached hydrogen (secondary N) is 3. The molecule has 19 heteroatoms. The number of alkyl halides is 6. The highest BCUT2D eigenvalue weighted by atomic mass is 35.5. The van der Waals surface area contributed by atoms with E-state index in [0.29, 0.717) is 22.2 Å². The lowest BCUT2D eigenvalue weighted by molar-refractivity contribution is 0.0566. The molecule has 0 spiro atoms. The van der Waals surface area contributed by atoms with Crippen molar-refractivity contribution in [2.75, 3.05) is 13.2 Å². The number of ether oxygens (including phenoxy) is 1. The molecule has 12 nitrogen and oxygen atoms in total. The van der Waals surface area contributed by atoms with Gasteiger partial charge in [-0.25, -0.2) is 36.7 Å². The van der Waals surface area contributed by atoms with E-state index in [9.17, 15) is 35.9 Å². The molecule has 1 atom stereocenters. The molecule has 1 aliphatic rings. The van der Waals surface area contributed by atoms with E-state index in [-0.39, 0.29) is 46.6 Å². The number of carbonyl (C=O) groups is 2. The van der Waals surface area contributed by atoms with Gasteiger partial charge in [-0.15, -0.1) is 0 Å². The summed E-state index contributed by atoms with van der Waals surface area (Å²) in [6.45, 7) is 2.60. The maximum Gasteiger partial charge on any atom is 0.407 e. The number of alkyl carbamates (subject to hydrolysis) is 1. The van der Waals surface area contributed by atoms with Crippen LogP contribution in [0.1, 0.15) is 80.8 Å². The van der Waals surface area contributed by atoms with Crippen LogP contribution in [0.15, 0.2) is 61.2 Å². The Kier molecular flexibility index (Phi) is 11.7. The number of halogens is 7. The summed E-state index contributed by atoms with van der Waals surface area (Å²) in [6, 6.07) is 8.47. The second kappa shape index (κ2) is 15.9. The Morgan fingerprint density at radius 1 is 1.04 bits per heavy atom. The van der Waals surface area contributed by atoms with Crippen molar-refractivity contribution < 1.29 is 40.7 Å².